The minimum absolute atomic E-state index is 0.500. The van der Waals surface area contributed by atoms with E-state index in [2.05, 4.69) is 0 Å². The van der Waals surface area contributed by atoms with Gasteiger partial charge < -0.3 is 11.1 Å². The van der Waals surface area contributed by atoms with E-state index in [0.29, 0.717) is 12.9 Å². The number of nitrogen functional groups attached to an aromatic ring is 1. The minimum Gasteiger partial charge on any atom is -0.398 e. The predicted octanol–water partition coefficient (Wildman–Crippen LogP) is 1.85. The van der Waals surface area contributed by atoms with Crippen molar-refractivity contribution in [2.24, 2.45) is 0 Å². The Balaban J connectivity index is 0.000000461. The topological polar surface area (TPSA) is 49.9 Å². The van der Waals surface area contributed by atoms with Crippen molar-refractivity contribution in [1.82, 2.24) is 0 Å². The third-order valence-electron chi connectivity index (χ3n) is 1.15. The van der Waals surface area contributed by atoms with Gasteiger partial charge >= 0.3 is 0 Å². The number of para-hydroxylation sites is 1. The Morgan fingerprint density at radius 2 is 1.91 bits per heavy atom. The van der Waals surface area contributed by atoms with Crippen LogP contribution in [0.25, 0.3) is 0 Å². The molecule has 0 aliphatic carbocycles. The van der Waals surface area contributed by atoms with E-state index in [4.69, 9.17) is 11.1 Å². The zero-order chi connectivity index (χ0) is 8.69. The molecule has 0 aromatic heterocycles. The van der Waals surface area contributed by atoms with E-state index >= 15 is 0 Å². The molecule has 0 fully saturated rings. The molecule has 1 aromatic carbocycles. The molecule has 0 radical (unpaired) electrons. The molecule has 0 saturated carbocycles. The number of benzene rings is 1. The third kappa shape index (κ3) is 2.80. The van der Waals surface area contributed by atoms with Crippen LogP contribution in [0.4, 0.5) is 10.1 Å². The second kappa shape index (κ2) is 5.41. The van der Waals surface area contributed by atoms with Gasteiger partial charge in [-0.2, -0.15) is 0 Å². The Morgan fingerprint density at radius 1 is 1.36 bits per heavy atom. The fourth-order valence-electron chi connectivity index (χ4n) is 0.642. The normalized spacial score (nSPS) is 7.82. The number of nitrogens with two attached hydrogens (primary N) is 1. The van der Waals surface area contributed by atoms with Crippen molar-refractivity contribution in [3.8, 4) is 0 Å². The number of rotatable bonds is 1. The van der Waals surface area contributed by atoms with Crippen LogP contribution in [0.15, 0.2) is 24.3 Å². The van der Waals surface area contributed by atoms with Crippen LogP contribution in [0.5, 0.6) is 0 Å². The van der Waals surface area contributed by atoms with Crippen molar-refractivity contribution in [3.63, 3.8) is 0 Å². The van der Waals surface area contributed by atoms with E-state index in [-0.39, 0.29) is 0 Å². The maximum atomic E-state index is 9.50. The molecule has 0 aliphatic heterocycles. The molecule has 60 valence electrons. The van der Waals surface area contributed by atoms with Gasteiger partial charge in [-0.3, -0.25) is 4.39 Å². The molecule has 1 rings (SSSR count). The highest BCUT2D eigenvalue weighted by molar-refractivity contribution is 5.84. The van der Waals surface area contributed by atoms with Gasteiger partial charge in [0.15, 0.2) is 0 Å². The SMILES string of the molecule is CF.N=Cc1ccccc1N. The molecular formula is C8H11FN2. The predicted molar refractivity (Wildman–Crippen MR) is 45.8 cm³/mol. The summed E-state index contributed by atoms with van der Waals surface area (Å²) in [7, 11) is 0.500. The van der Waals surface area contributed by atoms with Crippen LogP contribution in [0.2, 0.25) is 0 Å². The first-order valence-electron chi connectivity index (χ1n) is 3.07. The Bertz CT molecular complexity index is 223. The zero-order valence-electron chi connectivity index (χ0n) is 6.34. The summed E-state index contributed by atoms with van der Waals surface area (Å²) < 4.78 is 9.50. The van der Waals surface area contributed by atoms with E-state index in [1.165, 1.54) is 6.21 Å². The van der Waals surface area contributed by atoms with E-state index in [1.54, 1.807) is 6.07 Å². The fraction of sp³-hybridized carbons (Fsp3) is 0.125. The van der Waals surface area contributed by atoms with Gasteiger partial charge in [-0.1, -0.05) is 18.2 Å². The molecule has 0 amide bonds. The molecule has 0 atom stereocenters. The minimum atomic E-state index is 0.500. The lowest BCUT2D eigenvalue weighted by Crippen LogP contribution is -1.90. The summed E-state index contributed by atoms with van der Waals surface area (Å²) in [5.41, 5.74) is 6.92. The molecule has 0 aliphatic rings. The molecular weight excluding hydrogens is 143 g/mol. The molecule has 0 saturated heterocycles. The number of nitrogens with one attached hydrogen (secondary N) is 1. The van der Waals surface area contributed by atoms with Crippen molar-refractivity contribution in [2.75, 3.05) is 12.9 Å². The van der Waals surface area contributed by atoms with E-state index in [9.17, 15) is 4.39 Å². The molecule has 3 N–H and O–H groups in total. The lowest BCUT2D eigenvalue weighted by atomic mass is 10.2. The lowest BCUT2D eigenvalue weighted by Gasteiger charge is -1.94. The molecule has 0 bridgehead atoms. The summed E-state index contributed by atoms with van der Waals surface area (Å²) in [4.78, 5) is 0. The summed E-state index contributed by atoms with van der Waals surface area (Å²) >= 11 is 0. The molecule has 2 nitrogen and oxygen atoms in total. The molecule has 3 heteroatoms. The van der Waals surface area contributed by atoms with Gasteiger partial charge in [-0.25, -0.2) is 0 Å². The van der Waals surface area contributed by atoms with Crippen LogP contribution < -0.4 is 5.73 Å². The Kier molecular flexibility index (Phi) is 4.73. The van der Waals surface area contributed by atoms with E-state index < -0.39 is 0 Å². The standard InChI is InChI=1S/C7H8N2.CH3F/c8-5-6-3-1-2-4-7(6)9;1-2/h1-5,8H,9H2;1H3. The first-order valence-corrected chi connectivity index (χ1v) is 3.07. The third-order valence-corrected chi connectivity index (χ3v) is 1.15. The summed E-state index contributed by atoms with van der Waals surface area (Å²) in [6.45, 7) is 0. The van der Waals surface area contributed by atoms with Gasteiger partial charge in [-0.15, -0.1) is 0 Å². The maximum absolute atomic E-state index is 9.50. The molecule has 1 aromatic rings. The van der Waals surface area contributed by atoms with Gasteiger partial charge in [0.2, 0.25) is 0 Å². The number of alkyl halides is 1. The summed E-state index contributed by atoms with van der Waals surface area (Å²) in [5, 5.41) is 6.88. The Labute approximate surface area is 65.4 Å². The first-order chi connectivity index (χ1) is 5.34. The molecule has 11 heavy (non-hydrogen) atoms. The van der Waals surface area contributed by atoms with Crippen LogP contribution in [-0.4, -0.2) is 13.4 Å². The van der Waals surface area contributed by atoms with Crippen LogP contribution in [-0.2, 0) is 0 Å². The zero-order valence-corrected chi connectivity index (χ0v) is 6.34. The summed E-state index contributed by atoms with van der Waals surface area (Å²) in [6.07, 6.45) is 1.25. The lowest BCUT2D eigenvalue weighted by molar-refractivity contribution is 0.636. The number of hydrogen-bond acceptors (Lipinski definition) is 2. The average Bonchev–Trinajstić information content (AvgIpc) is 2.09. The Hall–Kier alpha value is -1.38. The highest BCUT2D eigenvalue weighted by Crippen LogP contribution is 2.05. The first kappa shape index (κ1) is 9.62. The summed E-state index contributed by atoms with van der Waals surface area (Å²) in [6, 6.07) is 7.29. The van der Waals surface area contributed by atoms with Gasteiger partial charge in [0.05, 0.1) is 7.18 Å². The largest absolute Gasteiger partial charge is 0.398 e. The van der Waals surface area contributed by atoms with Crippen LogP contribution >= 0.6 is 0 Å². The van der Waals surface area contributed by atoms with Crippen molar-refractivity contribution >= 4 is 11.9 Å². The second-order valence-electron chi connectivity index (χ2n) is 1.77. The quantitative estimate of drug-likeness (QED) is 0.470. The summed E-state index contributed by atoms with van der Waals surface area (Å²) in [5.74, 6) is 0. The number of anilines is 1. The maximum Gasteiger partial charge on any atom is 0.0785 e. The number of hydrogen-bond donors (Lipinski definition) is 2. The van der Waals surface area contributed by atoms with E-state index in [0.717, 1.165) is 5.56 Å². The van der Waals surface area contributed by atoms with Gasteiger partial charge in [0, 0.05) is 17.5 Å². The number of halogens is 1. The van der Waals surface area contributed by atoms with Crippen molar-refractivity contribution < 1.29 is 4.39 Å². The average molecular weight is 154 g/mol. The van der Waals surface area contributed by atoms with Crippen molar-refractivity contribution in [1.29, 1.82) is 5.41 Å². The van der Waals surface area contributed by atoms with Gasteiger partial charge in [0.1, 0.15) is 0 Å². The molecule has 0 heterocycles. The van der Waals surface area contributed by atoms with Crippen molar-refractivity contribution in [2.45, 2.75) is 0 Å². The van der Waals surface area contributed by atoms with E-state index in [1.807, 2.05) is 18.2 Å². The van der Waals surface area contributed by atoms with Gasteiger partial charge in [-0.05, 0) is 6.07 Å². The second-order valence-corrected chi connectivity index (χ2v) is 1.77. The van der Waals surface area contributed by atoms with Gasteiger partial charge in [0.25, 0.3) is 0 Å². The highest BCUT2D eigenvalue weighted by Gasteiger charge is 1.88. The fourth-order valence-corrected chi connectivity index (χ4v) is 0.642. The van der Waals surface area contributed by atoms with Crippen LogP contribution in [0.1, 0.15) is 5.56 Å². The molecule has 0 spiro atoms. The van der Waals surface area contributed by atoms with Crippen LogP contribution in [0, 0.1) is 5.41 Å². The highest BCUT2D eigenvalue weighted by atomic mass is 19.1. The molecule has 0 unspecified atom stereocenters. The smallest absolute Gasteiger partial charge is 0.0785 e. The monoisotopic (exact) mass is 154 g/mol. The van der Waals surface area contributed by atoms with Crippen LogP contribution in [0.3, 0.4) is 0 Å². The Morgan fingerprint density at radius 3 is 2.27 bits per heavy atom. The van der Waals surface area contributed by atoms with Crippen molar-refractivity contribution in [3.05, 3.63) is 29.8 Å².